The van der Waals surface area contributed by atoms with E-state index in [4.69, 9.17) is 16.3 Å². The molecule has 0 atom stereocenters. The third kappa shape index (κ3) is 4.66. The van der Waals surface area contributed by atoms with E-state index < -0.39 is 0 Å². The summed E-state index contributed by atoms with van der Waals surface area (Å²) in [5, 5.41) is 2.47. The van der Waals surface area contributed by atoms with Gasteiger partial charge in [-0.25, -0.2) is 4.98 Å². The Labute approximate surface area is 171 Å². The summed E-state index contributed by atoms with van der Waals surface area (Å²) in [6, 6.07) is 4.94. The van der Waals surface area contributed by atoms with Gasteiger partial charge in [0, 0.05) is 34.1 Å². The standard InChI is InChI=1S/C19H20ClN3O2S2/c1-19(2,3)23-9-12(7-14-10-26-11-21-14)18(27-23)22-17(24)15-8-13(20)5-6-16(15)25-4/h5-6,8-11H,7H2,1-4H3. The molecule has 0 fully saturated rings. The summed E-state index contributed by atoms with van der Waals surface area (Å²) in [5.74, 6) is 0.0752. The van der Waals surface area contributed by atoms with Gasteiger partial charge in [0.15, 0.2) is 0 Å². The van der Waals surface area contributed by atoms with Crippen molar-refractivity contribution in [2.75, 3.05) is 7.11 Å². The second kappa shape index (κ2) is 7.96. The number of halogens is 1. The highest BCUT2D eigenvalue weighted by molar-refractivity contribution is 7.07. The Kier molecular flexibility index (Phi) is 5.83. The molecule has 2 aromatic heterocycles. The van der Waals surface area contributed by atoms with Crippen LogP contribution in [0.4, 0.5) is 0 Å². The number of carbonyl (C=O) groups excluding carboxylic acids is 1. The van der Waals surface area contributed by atoms with Crippen LogP contribution in [0.5, 0.6) is 5.75 Å². The number of aromatic nitrogens is 2. The van der Waals surface area contributed by atoms with Gasteiger partial charge in [-0.3, -0.25) is 8.75 Å². The summed E-state index contributed by atoms with van der Waals surface area (Å²) >= 11 is 9.06. The Morgan fingerprint density at radius 3 is 2.78 bits per heavy atom. The molecule has 0 aliphatic carbocycles. The van der Waals surface area contributed by atoms with Gasteiger partial charge in [-0.05, 0) is 50.5 Å². The third-order valence-corrected chi connectivity index (χ3v) is 6.09. The lowest BCUT2D eigenvalue weighted by Crippen LogP contribution is -2.18. The second-order valence-corrected chi connectivity index (χ2v) is 9.08. The molecule has 5 nitrogen and oxygen atoms in total. The molecule has 3 aromatic rings. The molecule has 3 rings (SSSR count). The van der Waals surface area contributed by atoms with E-state index in [2.05, 4.69) is 34.7 Å². The zero-order valence-electron chi connectivity index (χ0n) is 15.5. The number of methoxy groups -OCH3 is 1. The van der Waals surface area contributed by atoms with E-state index in [1.165, 1.54) is 18.6 Å². The van der Waals surface area contributed by atoms with Crippen LogP contribution in [0.25, 0.3) is 0 Å². The Morgan fingerprint density at radius 1 is 1.37 bits per heavy atom. The summed E-state index contributed by atoms with van der Waals surface area (Å²) in [6.07, 6.45) is 2.67. The van der Waals surface area contributed by atoms with E-state index in [1.807, 2.05) is 11.6 Å². The first-order valence-electron chi connectivity index (χ1n) is 8.30. The molecule has 27 heavy (non-hydrogen) atoms. The average molecular weight is 422 g/mol. The number of rotatable bonds is 4. The fourth-order valence-electron chi connectivity index (χ4n) is 2.44. The van der Waals surface area contributed by atoms with Gasteiger partial charge in [0.25, 0.3) is 5.91 Å². The maximum Gasteiger partial charge on any atom is 0.282 e. The summed E-state index contributed by atoms with van der Waals surface area (Å²) < 4.78 is 8.06. The van der Waals surface area contributed by atoms with E-state index in [-0.39, 0.29) is 11.4 Å². The highest BCUT2D eigenvalue weighted by Gasteiger charge is 2.18. The summed E-state index contributed by atoms with van der Waals surface area (Å²) in [5.41, 5.74) is 3.98. The number of amides is 1. The van der Waals surface area contributed by atoms with Crippen LogP contribution in [0.15, 0.2) is 40.3 Å². The average Bonchev–Trinajstić information content (AvgIpc) is 3.25. The van der Waals surface area contributed by atoms with Crippen molar-refractivity contribution in [1.29, 1.82) is 0 Å². The minimum Gasteiger partial charge on any atom is -0.496 e. The van der Waals surface area contributed by atoms with Crippen LogP contribution in [0.3, 0.4) is 0 Å². The second-order valence-electron chi connectivity index (χ2n) is 6.97. The topological polar surface area (TPSA) is 56.5 Å². The first kappa shape index (κ1) is 19.8. The normalized spacial score (nSPS) is 12.4. The lowest BCUT2D eigenvalue weighted by molar-refractivity contribution is 0.0996. The Bertz CT molecular complexity index is 1010. The smallest absolute Gasteiger partial charge is 0.282 e. The zero-order chi connectivity index (χ0) is 19.6. The van der Waals surface area contributed by atoms with Crippen LogP contribution in [0.2, 0.25) is 5.02 Å². The summed E-state index contributed by atoms with van der Waals surface area (Å²) in [6.45, 7) is 6.34. The molecule has 0 spiro atoms. The molecule has 8 heteroatoms. The molecule has 0 aliphatic heterocycles. The van der Waals surface area contributed by atoms with Crippen molar-refractivity contribution in [1.82, 2.24) is 8.94 Å². The van der Waals surface area contributed by atoms with Gasteiger partial charge in [0.05, 0.1) is 23.9 Å². The molecule has 0 saturated carbocycles. The summed E-state index contributed by atoms with van der Waals surface area (Å²) in [7, 11) is 1.52. The van der Waals surface area contributed by atoms with Gasteiger partial charge >= 0.3 is 0 Å². The SMILES string of the molecule is COc1ccc(Cl)cc1C(=O)N=c1sn(C(C)(C)C)cc1Cc1cscn1. The summed E-state index contributed by atoms with van der Waals surface area (Å²) in [4.78, 5) is 21.6. The van der Waals surface area contributed by atoms with E-state index >= 15 is 0 Å². The maximum atomic E-state index is 12.8. The Morgan fingerprint density at radius 2 is 2.15 bits per heavy atom. The number of benzene rings is 1. The first-order valence-corrected chi connectivity index (χ1v) is 10.4. The highest BCUT2D eigenvalue weighted by atomic mass is 35.5. The van der Waals surface area contributed by atoms with Crippen molar-refractivity contribution < 1.29 is 9.53 Å². The number of hydrogen-bond acceptors (Lipinski definition) is 5. The molecular formula is C19H20ClN3O2S2. The van der Waals surface area contributed by atoms with E-state index in [0.29, 0.717) is 27.4 Å². The van der Waals surface area contributed by atoms with Crippen LogP contribution < -0.4 is 9.41 Å². The monoisotopic (exact) mass is 421 g/mol. The highest BCUT2D eigenvalue weighted by Crippen LogP contribution is 2.24. The van der Waals surface area contributed by atoms with Crippen LogP contribution >= 0.6 is 34.5 Å². The van der Waals surface area contributed by atoms with E-state index in [9.17, 15) is 4.79 Å². The largest absolute Gasteiger partial charge is 0.496 e. The number of nitrogens with zero attached hydrogens (tertiary/aromatic N) is 3. The van der Waals surface area contributed by atoms with Crippen LogP contribution in [0.1, 0.15) is 42.4 Å². The minimum absolute atomic E-state index is 0.105. The molecule has 2 heterocycles. The van der Waals surface area contributed by atoms with Crippen molar-refractivity contribution in [3.8, 4) is 5.75 Å². The molecule has 1 amide bonds. The van der Waals surface area contributed by atoms with Crippen molar-refractivity contribution in [3.63, 3.8) is 0 Å². The molecule has 1 aromatic carbocycles. The fraction of sp³-hybridized carbons (Fsp3) is 0.316. The Balaban J connectivity index is 2.07. The van der Waals surface area contributed by atoms with Gasteiger partial charge in [0.1, 0.15) is 10.4 Å². The molecular weight excluding hydrogens is 402 g/mol. The predicted octanol–water partition coefficient (Wildman–Crippen LogP) is 4.76. The van der Waals surface area contributed by atoms with Crippen molar-refractivity contribution in [2.45, 2.75) is 32.7 Å². The van der Waals surface area contributed by atoms with Crippen LogP contribution in [0, 0.1) is 0 Å². The van der Waals surface area contributed by atoms with Gasteiger partial charge in [0.2, 0.25) is 0 Å². The van der Waals surface area contributed by atoms with Gasteiger partial charge in [-0.2, -0.15) is 4.99 Å². The lowest BCUT2D eigenvalue weighted by Gasteiger charge is -2.19. The molecule has 0 unspecified atom stereocenters. The van der Waals surface area contributed by atoms with E-state index in [1.54, 1.807) is 35.0 Å². The molecule has 0 saturated heterocycles. The number of thiazole rings is 1. The van der Waals surface area contributed by atoms with E-state index in [0.717, 1.165) is 11.3 Å². The third-order valence-electron chi connectivity index (χ3n) is 3.84. The zero-order valence-corrected chi connectivity index (χ0v) is 17.9. The molecule has 0 bridgehead atoms. The van der Waals surface area contributed by atoms with Crippen molar-refractivity contribution in [2.24, 2.45) is 4.99 Å². The molecule has 0 N–H and O–H groups in total. The number of carbonyl (C=O) groups is 1. The van der Waals surface area contributed by atoms with Crippen molar-refractivity contribution in [3.05, 3.63) is 61.8 Å². The fourth-order valence-corrected chi connectivity index (χ4v) is 4.18. The lowest BCUT2D eigenvalue weighted by atomic mass is 10.1. The predicted molar refractivity (Wildman–Crippen MR) is 110 cm³/mol. The molecule has 142 valence electrons. The van der Waals surface area contributed by atoms with Crippen molar-refractivity contribution >= 4 is 40.4 Å². The quantitative estimate of drug-likeness (QED) is 0.610. The maximum absolute atomic E-state index is 12.8. The van der Waals surface area contributed by atoms with Crippen LogP contribution in [-0.2, 0) is 12.0 Å². The molecule has 0 radical (unpaired) electrons. The van der Waals surface area contributed by atoms with Gasteiger partial charge in [-0.15, -0.1) is 11.3 Å². The molecule has 0 aliphatic rings. The van der Waals surface area contributed by atoms with Crippen LogP contribution in [-0.4, -0.2) is 22.0 Å². The number of hydrogen-bond donors (Lipinski definition) is 0. The Hall–Kier alpha value is -1.96. The first-order chi connectivity index (χ1) is 12.8. The van der Waals surface area contributed by atoms with Gasteiger partial charge in [-0.1, -0.05) is 11.6 Å². The minimum atomic E-state index is -0.378. The van der Waals surface area contributed by atoms with Gasteiger partial charge < -0.3 is 4.74 Å². The number of ether oxygens (including phenoxy) is 1.